The Hall–Kier alpha value is -1.18. The van der Waals surface area contributed by atoms with Gasteiger partial charge in [0.05, 0.1) is 12.8 Å². The Balaban J connectivity index is 1.75. The summed E-state index contributed by atoms with van der Waals surface area (Å²) in [4.78, 5) is 4.69. The first-order chi connectivity index (χ1) is 10.1. The summed E-state index contributed by atoms with van der Waals surface area (Å²) in [6, 6.07) is 0. The maximum atomic E-state index is 5.41. The van der Waals surface area contributed by atoms with E-state index in [0.717, 1.165) is 44.4 Å². The molecular weight excluding hydrogens is 286 g/mol. The van der Waals surface area contributed by atoms with Gasteiger partial charge in [-0.3, -0.25) is 9.58 Å². The highest BCUT2D eigenvalue weighted by molar-refractivity contribution is 7.80. The van der Waals surface area contributed by atoms with Gasteiger partial charge in [0.2, 0.25) is 0 Å². The molecule has 0 saturated carbocycles. The lowest BCUT2D eigenvalue weighted by atomic mass is 10.2. The number of piperazine rings is 1. The van der Waals surface area contributed by atoms with Gasteiger partial charge in [-0.25, -0.2) is 0 Å². The standard InChI is InChI=1S/C14H25N5OS/c1-12-13(10-16-17(12)2)11-18-5-7-19(8-6-18)14(21)15-4-9-20-3/h10H,4-9,11H2,1-3H3,(H,15,21). The summed E-state index contributed by atoms with van der Waals surface area (Å²) in [6.45, 7) is 8.53. The molecule has 1 saturated heterocycles. The molecule has 0 bridgehead atoms. The predicted molar refractivity (Wildman–Crippen MR) is 87.3 cm³/mol. The average Bonchev–Trinajstić information content (AvgIpc) is 2.80. The Morgan fingerprint density at radius 2 is 2.10 bits per heavy atom. The summed E-state index contributed by atoms with van der Waals surface area (Å²) in [5.74, 6) is 0. The van der Waals surface area contributed by atoms with Crippen LogP contribution in [0.1, 0.15) is 11.3 Å². The predicted octanol–water partition coefficient (Wildman–Crippen LogP) is 0.367. The van der Waals surface area contributed by atoms with E-state index in [1.807, 2.05) is 17.9 Å². The van der Waals surface area contributed by atoms with Crippen molar-refractivity contribution >= 4 is 17.3 Å². The molecule has 1 aromatic rings. The third-order valence-corrected chi connectivity index (χ3v) is 4.38. The number of hydrogen-bond donors (Lipinski definition) is 1. The van der Waals surface area contributed by atoms with Crippen molar-refractivity contribution in [3.63, 3.8) is 0 Å². The van der Waals surface area contributed by atoms with Crippen molar-refractivity contribution in [2.24, 2.45) is 7.05 Å². The van der Waals surface area contributed by atoms with E-state index in [2.05, 4.69) is 27.1 Å². The van der Waals surface area contributed by atoms with Crippen LogP contribution < -0.4 is 5.32 Å². The van der Waals surface area contributed by atoms with Crippen molar-refractivity contribution in [3.05, 3.63) is 17.5 Å². The largest absolute Gasteiger partial charge is 0.383 e. The van der Waals surface area contributed by atoms with Crippen LogP contribution in [0.25, 0.3) is 0 Å². The number of nitrogens with one attached hydrogen (secondary N) is 1. The molecular formula is C14H25N5OS. The van der Waals surface area contributed by atoms with Crippen LogP contribution in [-0.4, -0.2) is 71.1 Å². The van der Waals surface area contributed by atoms with Gasteiger partial charge in [0.1, 0.15) is 0 Å². The van der Waals surface area contributed by atoms with E-state index in [4.69, 9.17) is 17.0 Å². The molecule has 0 amide bonds. The molecule has 0 radical (unpaired) electrons. The Morgan fingerprint density at radius 1 is 1.38 bits per heavy atom. The van der Waals surface area contributed by atoms with Crippen molar-refractivity contribution < 1.29 is 4.74 Å². The summed E-state index contributed by atoms with van der Waals surface area (Å²) in [7, 11) is 3.69. The number of nitrogens with zero attached hydrogens (tertiary/aromatic N) is 4. The van der Waals surface area contributed by atoms with E-state index in [1.165, 1.54) is 11.3 Å². The molecule has 118 valence electrons. The van der Waals surface area contributed by atoms with Gasteiger partial charge in [-0.05, 0) is 19.1 Å². The summed E-state index contributed by atoms with van der Waals surface area (Å²) < 4.78 is 6.95. The maximum Gasteiger partial charge on any atom is 0.169 e. The lowest BCUT2D eigenvalue weighted by molar-refractivity contribution is 0.172. The van der Waals surface area contributed by atoms with Crippen LogP contribution in [-0.2, 0) is 18.3 Å². The van der Waals surface area contributed by atoms with Gasteiger partial charge in [0.25, 0.3) is 0 Å². The first-order valence-corrected chi connectivity index (χ1v) is 7.74. The molecule has 1 fully saturated rings. The van der Waals surface area contributed by atoms with Crippen molar-refractivity contribution in [1.82, 2.24) is 24.9 Å². The van der Waals surface area contributed by atoms with E-state index in [0.29, 0.717) is 6.61 Å². The molecule has 0 unspecified atom stereocenters. The molecule has 2 rings (SSSR count). The quantitative estimate of drug-likeness (QED) is 0.626. The molecule has 0 aliphatic carbocycles. The van der Waals surface area contributed by atoms with E-state index >= 15 is 0 Å². The molecule has 1 aromatic heterocycles. The van der Waals surface area contributed by atoms with E-state index in [1.54, 1.807) is 7.11 Å². The van der Waals surface area contributed by atoms with Gasteiger partial charge in [-0.15, -0.1) is 0 Å². The fourth-order valence-corrected chi connectivity index (χ4v) is 2.71. The van der Waals surface area contributed by atoms with Gasteiger partial charge in [0.15, 0.2) is 5.11 Å². The number of methoxy groups -OCH3 is 1. The average molecular weight is 311 g/mol. The number of thiocarbonyl (C=S) groups is 1. The third-order valence-electron chi connectivity index (χ3n) is 3.97. The third kappa shape index (κ3) is 4.39. The SMILES string of the molecule is COCCNC(=S)N1CCN(Cc2cnn(C)c2C)CC1. The Kier molecular flexibility index (Phi) is 5.96. The Labute approximate surface area is 132 Å². The molecule has 7 heteroatoms. The second-order valence-electron chi connectivity index (χ2n) is 5.37. The van der Waals surface area contributed by atoms with Gasteiger partial charge in [-0.2, -0.15) is 5.10 Å². The van der Waals surface area contributed by atoms with Crippen LogP contribution in [0.5, 0.6) is 0 Å². The minimum absolute atomic E-state index is 0.681. The van der Waals surface area contributed by atoms with Crippen molar-refractivity contribution in [1.29, 1.82) is 0 Å². The molecule has 1 aliphatic rings. The normalized spacial score (nSPS) is 16.2. The smallest absolute Gasteiger partial charge is 0.169 e. The van der Waals surface area contributed by atoms with Gasteiger partial charge in [-0.1, -0.05) is 0 Å². The van der Waals surface area contributed by atoms with Crippen LogP contribution >= 0.6 is 12.2 Å². The van der Waals surface area contributed by atoms with Gasteiger partial charge in [0, 0.05) is 64.7 Å². The molecule has 21 heavy (non-hydrogen) atoms. The van der Waals surface area contributed by atoms with Crippen LogP contribution in [0.4, 0.5) is 0 Å². The highest BCUT2D eigenvalue weighted by atomic mass is 32.1. The minimum atomic E-state index is 0.681. The molecule has 0 spiro atoms. The van der Waals surface area contributed by atoms with E-state index in [9.17, 15) is 0 Å². The van der Waals surface area contributed by atoms with Crippen LogP contribution in [0.2, 0.25) is 0 Å². The molecule has 2 heterocycles. The number of ether oxygens (including phenoxy) is 1. The fraction of sp³-hybridized carbons (Fsp3) is 0.714. The summed E-state index contributed by atoms with van der Waals surface area (Å²) >= 11 is 5.41. The minimum Gasteiger partial charge on any atom is -0.383 e. The second-order valence-corrected chi connectivity index (χ2v) is 5.75. The fourth-order valence-electron chi connectivity index (χ4n) is 2.42. The monoisotopic (exact) mass is 311 g/mol. The number of aromatic nitrogens is 2. The first kappa shape index (κ1) is 16.2. The van der Waals surface area contributed by atoms with Crippen molar-refractivity contribution in [3.8, 4) is 0 Å². The van der Waals surface area contributed by atoms with Gasteiger partial charge >= 0.3 is 0 Å². The van der Waals surface area contributed by atoms with Gasteiger partial charge < -0.3 is 15.0 Å². The van der Waals surface area contributed by atoms with Crippen molar-refractivity contribution in [2.75, 3.05) is 46.4 Å². The number of rotatable bonds is 5. The number of hydrogen-bond acceptors (Lipinski definition) is 4. The summed E-state index contributed by atoms with van der Waals surface area (Å²) in [5.41, 5.74) is 2.56. The van der Waals surface area contributed by atoms with Crippen molar-refractivity contribution in [2.45, 2.75) is 13.5 Å². The lowest BCUT2D eigenvalue weighted by Crippen LogP contribution is -2.51. The molecule has 0 atom stereocenters. The summed E-state index contributed by atoms with van der Waals surface area (Å²) in [6.07, 6.45) is 1.97. The number of aryl methyl sites for hydroxylation is 1. The Morgan fingerprint density at radius 3 is 2.67 bits per heavy atom. The Bertz CT molecular complexity index is 468. The zero-order chi connectivity index (χ0) is 15.2. The van der Waals surface area contributed by atoms with Crippen LogP contribution in [0, 0.1) is 6.92 Å². The summed E-state index contributed by atoms with van der Waals surface area (Å²) in [5, 5.41) is 8.37. The van der Waals surface area contributed by atoms with Crippen LogP contribution in [0.3, 0.4) is 0 Å². The lowest BCUT2D eigenvalue weighted by Gasteiger charge is -2.36. The molecule has 1 N–H and O–H groups in total. The van der Waals surface area contributed by atoms with E-state index in [-0.39, 0.29) is 0 Å². The zero-order valence-electron chi connectivity index (χ0n) is 13.1. The zero-order valence-corrected chi connectivity index (χ0v) is 13.9. The van der Waals surface area contributed by atoms with Crippen LogP contribution in [0.15, 0.2) is 6.20 Å². The maximum absolute atomic E-state index is 5.41. The van der Waals surface area contributed by atoms with E-state index < -0.39 is 0 Å². The second kappa shape index (κ2) is 7.72. The highest BCUT2D eigenvalue weighted by Gasteiger charge is 2.19. The molecule has 6 nitrogen and oxygen atoms in total. The first-order valence-electron chi connectivity index (χ1n) is 7.33. The molecule has 0 aromatic carbocycles. The molecule has 1 aliphatic heterocycles. The topological polar surface area (TPSA) is 45.6 Å². The highest BCUT2D eigenvalue weighted by Crippen LogP contribution is 2.11.